The number of rotatable bonds is 5. The van der Waals surface area contributed by atoms with Gasteiger partial charge in [-0.05, 0) is 67.3 Å². The minimum absolute atomic E-state index is 0.0395. The highest BCUT2D eigenvalue weighted by atomic mass is 19.2. The second-order valence-corrected chi connectivity index (χ2v) is 11.3. The predicted octanol–water partition coefficient (Wildman–Crippen LogP) is 6.33. The molecule has 0 saturated carbocycles. The predicted molar refractivity (Wildman–Crippen MR) is 165 cm³/mol. The van der Waals surface area contributed by atoms with Crippen LogP contribution in [0, 0.1) is 25.5 Å². The van der Waals surface area contributed by atoms with Gasteiger partial charge in [-0.25, -0.2) is 8.78 Å². The summed E-state index contributed by atoms with van der Waals surface area (Å²) in [6.45, 7) is 8.99. The first kappa shape index (κ1) is 30.2. The highest BCUT2D eigenvalue weighted by Crippen LogP contribution is 2.28. The van der Waals surface area contributed by atoms with Crippen LogP contribution in [0.15, 0.2) is 78.9 Å². The SMILES string of the molecule is CC(=O)N1CCCN(Cc2ccccc2)CCN(C(=O)c2ccc(Cn3c(C)ccc3C)cc2)Cc2cc(F)c(F)cc21. The van der Waals surface area contributed by atoms with Crippen molar-refractivity contribution >= 4 is 17.5 Å². The average Bonchev–Trinajstić information content (AvgIpc) is 3.29. The maximum absolute atomic E-state index is 14.6. The third-order valence-electron chi connectivity index (χ3n) is 8.19. The zero-order valence-corrected chi connectivity index (χ0v) is 25.0. The molecule has 0 unspecified atom stereocenters. The van der Waals surface area contributed by atoms with Gasteiger partial charge in [0.25, 0.3) is 5.91 Å². The smallest absolute Gasteiger partial charge is 0.254 e. The summed E-state index contributed by atoms with van der Waals surface area (Å²) in [5, 5.41) is 0. The summed E-state index contributed by atoms with van der Waals surface area (Å²) in [6, 6.07) is 24.0. The van der Waals surface area contributed by atoms with E-state index in [1.807, 2.05) is 42.5 Å². The number of carbonyl (C=O) groups excluding carboxylic acids is 2. The van der Waals surface area contributed by atoms with Crippen molar-refractivity contribution in [2.75, 3.05) is 31.1 Å². The van der Waals surface area contributed by atoms with Crippen molar-refractivity contribution in [2.45, 2.75) is 46.8 Å². The molecule has 0 saturated heterocycles. The van der Waals surface area contributed by atoms with Crippen LogP contribution in [0.4, 0.5) is 14.5 Å². The molecule has 1 aliphatic heterocycles. The summed E-state index contributed by atoms with van der Waals surface area (Å²) in [6.07, 6.45) is 0.639. The molecule has 8 heteroatoms. The molecule has 3 aromatic carbocycles. The molecule has 43 heavy (non-hydrogen) atoms. The van der Waals surface area contributed by atoms with Crippen LogP contribution in [-0.4, -0.2) is 52.4 Å². The van der Waals surface area contributed by atoms with E-state index in [2.05, 4.69) is 47.6 Å². The van der Waals surface area contributed by atoms with E-state index in [4.69, 9.17) is 0 Å². The summed E-state index contributed by atoms with van der Waals surface area (Å²) in [5.74, 6) is -2.49. The van der Waals surface area contributed by atoms with Crippen LogP contribution < -0.4 is 4.90 Å². The molecule has 2 heterocycles. The van der Waals surface area contributed by atoms with Crippen LogP contribution in [0.25, 0.3) is 0 Å². The van der Waals surface area contributed by atoms with E-state index < -0.39 is 11.6 Å². The second kappa shape index (κ2) is 13.3. The first-order valence-corrected chi connectivity index (χ1v) is 14.7. The molecule has 0 bridgehead atoms. The van der Waals surface area contributed by atoms with Crippen molar-refractivity contribution in [3.63, 3.8) is 0 Å². The fourth-order valence-electron chi connectivity index (χ4n) is 5.75. The zero-order chi connectivity index (χ0) is 30.5. The van der Waals surface area contributed by atoms with Gasteiger partial charge < -0.3 is 14.4 Å². The lowest BCUT2D eigenvalue weighted by molar-refractivity contribution is -0.116. The number of benzene rings is 3. The molecule has 1 aromatic heterocycles. The number of anilines is 1. The fourth-order valence-corrected chi connectivity index (χ4v) is 5.75. The third kappa shape index (κ3) is 7.20. The van der Waals surface area contributed by atoms with E-state index >= 15 is 0 Å². The Hall–Kier alpha value is -4.30. The van der Waals surface area contributed by atoms with Crippen LogP contribution in [0.2, 0.25) is 0 Å². The van der Waals surface area contributed by atoms with Crippen molar-refractivity contribution in [2.24, 2.45) is 0 Å². The van der Waals surface area contributed by atoms with Crippen LogP contribution >= 0.6 is 0 Å². The van der Waals surface area contributed by atoms with Gasteiger partial charge >= 0.3 is 0 Å². The molecule has 1 aliphatic rings. The number of amides is 2. The minimum Gasteiger partial charge on any atom is -0.345 e. The molecule has 224 valence electrons. The van der Waals surface area contributed by atoms with E-state index in [1.54, 1.807) is 4.90 Å². The van der Waals surface area contributed by atoms with E-state index in [0.717, 1.165) is 23.3 Å². The first-order valence-electron chi connectivity index (χ1n) is 14.7. The summed E-state index contributed by atoms with van der Waals surface area (Å²) in [7, 11) is 0. The second-order valence-electron chi connectivity index (χ2n) is 11.3. The highest BCUT2D eigenvalue weighted by molar-refractivity contribution is 5.95. The molecule has 2 amide bonds. The van der Waals surface area contributed by atoms with Gasteiger partial charge in [0.2, 0.25) is 5.91 Å². The zero-order valence-electron chi connectivity index (χ0n) is 25.0. The van der Waals surface area contributed by atoms with E-state index in [0.29, 0.717) is 62.5 Å². The van der Waals surface area contributed by atoms with E-state index in [9.17, 15) is 18.4 Å². The molecule has 6 nitrogen and oxygen atoms in total. The Kier molecular flexibility index (Phi) is 9.36. The molecule has 0 fully saturated rings. The van der Waals surface area contributed by atoms with Gasteiger partial charge in [0, 0.05) is 75.8 Å². The number of carbonyl (C=O) groups is 2. The van der Waals surface area contributed by atoms with Crippen molar-refractivity contribution in [3.8, 4) is 0 Å². The summed E-state index contributed by atoms with van der Waals surface area (Å²) < 4.78 is 31.3. The van der Waals surface area contributed by atoms with Crippen molar-refractivity contribution in [1.29, 1.82) is 0 Å². The number of aryl methyl sites for hydroxylation is 2. The van der Waals surface area contributed by atoms with Crippen LogP contribution in [-0.2, 0) is 24.4 Å². The molecule has 0 aliphatic carbocycles. The van der Waals surface area contributed by atoms with Gasteiger partial charge in [-0.1, -0.05) is 42.5 Å². The maximum atomic E-state index is 14.6. The molecule has 5 rings (SSSR count). The summed E-state index contributed by atoms with van der Waals surface area (Å²) >= 11 is 0. The van der Waals surface area contributed by atoms with Crippen molar-refractivity contribution in [3.05, 3.63) is 124 Å². The van der Waals surface area contributed by atoms with Crippen LogP contribution in [0.3, 0.4) is 0 Å². The third-order valence-corrected chi connectivity index (χ3v) is 8.19. The molecular weight excluding hydrogens is 546 g/mol. The monoisotopic (exact) mass is 584 g/mol. The molecular formula is C35H38F2N4O2. The molecule has 0 atom stereocenters. The van der Waals surface area contributed by atoms with Gasteiger partial charge in [-0.3, -0.25) is 14.5 Å². The number of halogens is 2. The number of nitrogens with zero attached hydrogens (tertiary/aromatic N) is 4. The van der Waals surface area contributed by atoms with Gasteiger partial charge in [0.15, 0.2) is 11.6 Å². The summed E-state index contributed by atoms with van der Waals surface area (Å²) in [5.41, 5.74) is 5.77. The van der Waals surface area contributed by atoms with Gasteiger partial charge in [0.1, 0.15) is 0 Å². The average molecular weight is 585 g/mol. The lowest BCUT2D eigenvalue weighted by Gasteiger charge is -2.28. The Labute approximate surface area is 252 Å². The quantitative estimate of drug-likeness (QED) is 0.275. The number of hydrogen-bond acceptors (Lipinski definition) is 3. The molecule has 4 aromatic rings. The lowest BCUT2D eigenvalue weighted by atomic mass is 10.1. The van der Waals surface area contributed by atoms with Crippen LogP contribution in [0.5, 0.6) is 0 Å². The normalized spacial score (nSPS) is 14.7. The minimum atomic E-state index is -1.02. The maximum Gasteiger partial charge on any atom is 0.254 e. The largest absolute Gasteiger partial charge is 0.345 e. The molecule has 0 radical (unpaired) electrons. The summed E-state index contributed by atoms with van der Waals surface area (Å²) in [4.78, 5) is 32.1. The van der Waals surface area contributed by atoms with Crippen molar-refractivity contribution < 1.29 is 18.4 Å². The van der Waals surface area contributed by atoms with Crippen molar-refractivity contribution in [1.82, 2.24) is 14.4 Å². The fraction of sp³-hybridized carbons (Fsp3) is 0.314. The molecule has 0 spiro atoms. The Morgan fingerprint density at radius 2 is 1.40 bits per heavy atom. The molecule has 0 N–H and O–H groups in total. The Bertz CT molecular complexity index is 1560. The number of aromatic nitrogens is 1. The van der Waals surface area contributed by atoms with Gasteiger partial charge in [-0.2, -0.15) is 0 Å². The van der Waals surface area contributed by atoms with Gasteiger partial charge in [0.05, 0.1) is 5.69 Å². The van der Waals surface area contributed by atoms with E-state index in [-0.39, 0.29) is 18.4 Å². The Balaban J connectivity index is 1.45. The van der Waals surface area contributed by atoms with Crippen LogP contribution in [0.1, 0.15) is 51.8 Å². The van der Waals surface area contributed by atoms with Gasteiger partial charge in [-0.15, -0.1) is 0 Å². The number of hydrogen-bond donors (Lipinski definition) is 0. The first-order chi connectivity index (χ1) is 20.7. The number of fused-ring (bicyclic) bond motifs is 1. The lowest BCUT2D eigenvalue weighted by Crippen LogP contribution is -2.38. The Morgan fingerprint density at radius 1 is 0.744 bits per heavy atom. The highest BCUT2D eigenvalue weighted by Gasteiger charge is 2.25. The standard InChI is InChI=1S/C35H38F2N4O2/c1-25-10-11-26(2)41(25)23-29-12-14-30(15-13-29)35(43)39-19-18-38(22-28-8-5-4-6-9-28)16-7-17-40(27(3)42)34-21-33(37)32(36)20-31(34)24-39/h4-6,8-15,20-21H,7,16-19,22-24H2,1-3H3. The topological polar surface area (TPSA) is 48.8 Å². The Morgan fingerprint density at radius 3 is 2.07 bits per heavy atom. The van der Waals surface area contributed by atoms with E-state index in [1.165, 1.54) is 23.2 Å².